The first kappa shape index (κ1) is 24.3. The number of benzene rings is 2. The smallest absolute Gasteiger partial charge is 0.323 e. The van der Waals surface area contributed by atoms with Crippen LogP contribution in [0, 0.1) is 17.3 Å². The van der Waals surface area contributed by atoms with Crippen LogP contribution in [0.2, 0.25) is 0 Å². The van der Waals surface area contributed by atoms with Gasteiger partial charge in [0.2, 0.25) is 5.54 Å². The largest absolute Gasteiger partial charge is 0.497 e. The van der Waals surface area contributed by atoms with Crippen LogP contribution in [0.1, 0.15) is 27.0 Å². The number of carbonyl (C=O) groups excluding carboxylic acids is 3. The molecule has 2 aromatic carbocycles. The molecule has 0 radical (unpaired) electrons. The molecule has 3 aliphatic rings. The molecule has 0 spiro atoms. The van der Waals surface area contributed by atoms with Gasteiger partial charge in [0.25, 0.3) is 11.8 Å². The number of amides is 4. The molecule has 2 fully saturated rings. The van der Waals surface area contributed by atoms with Crippen molar-refractivity contribution >= 4 is 23.7 Å². The van der Waals surface area contributed by atoms with E-state index in [1.165, 1.54) is 0 Å². The van der Waals surface area contributed by atoms with E-state index in [-0.39, 0.29) is 12.5 Å². The third-order valence-corrected chi connectivity index (χ3v) is 6.86. The standard InChI is InChI=1S/C27H28N6O4/c1-37-21-6-7-22-20(16-21)9-13-33(24(22)34)17-27(25(35)30-26(36)31-27)10-8-18-2-4-19(5-3-18)23(28)32-14-11-29-12-15-32/h2-7,16,28-29H,9,11-15,17H2,1H3,(H2,30,31,35,36). The third kappa shape index (κ3) is 4.86. The Morgan fingerprint density at radius 3 is 2.51 bits per heavy atom. The lowest BCUT2D eigenvalue weighted by atomic mass is 9.94. The minimum Gasteiger partial charge on any atom is -0.497 e. The minimum absolute atomic E-state index is 0.0758. The third-order valence-electron chi connectivity index (χ3n) is 6.86. The Labute approximate surface area is 214 Å². The van der Waals surface area contributed by atoms with E-state index in [9.17, 15) is 14.4 Å². The maximum atomic E-state index is 13.2. The average Bonchev–Trinajstić information content (AvgIpc) is 3.21. The number of hydrogen-bond acceptors (Lipinski definition) is 6. The van der Waals surface area contributed by atoms with Crippen LogP contribution in [0.15, 0.2) is 42.5 Å². The fourth-order valence-corrected chi connectivity index (χ4v) is 4.77. The van der Waals surface area contributed by atoms with Crippen molar-refractivity contribution in [1.29, 1.82) is 5.41 Å². The number of hydrogen-bond donors (Lipinski definition) is 4. The quantitative estimate of drug-likeness (QED) is 0.210. The Morgan fingerprint density at radius 1 is 1.08 bits per heavy atom. The molecule has 190 valence electrons. The Kier molecular flexibility index (Phi) is 6.54. The molecule has 37 heavy (non-hydrogen) atoms. The number of methoxy groups -OCH3 is 1. The van der Waals surface area contributed by atoms with Crippen molar-refractivity contribution in [2.45, 2.75) is 12.0 Å². The van der Waals surface area contributed by atoms with Crippen molar-refractivity contribution in [2.24, 2.45) is 0 Å². The van der Waals surface area contributed by atoms with Gasteiger partial charge in [-0.15, -0.1) is 0 Å². The zero-order chi connectivity index (χ0) is 26.0. The second-order valence-corrected chi connectivity index (χ2v) is 9.23. The van der Waals surface area contributed by atoms with E-state index in [0.29, 0.717) is 35.7 Å². The summed E-state index contributed by atoms with van der Waals surface area (Å²) < 4.78 is 5.26. The Bertz CT molecular complexity index is 1320. The highest BCUT2D eigenvalue weighted by molar-refractivity contribution is 6.10. The van der Waals surface area contributed by atoms with Crippen LogP contribution < -0.4 is 20.7 Å². The predicted molar refractivity (Wildman–Crippen MR) is 137 cm³/mol. The number of fused-ring (bicyclic) bond motifs is 1. The predicted octanol–water partition coefficient (Wildman–Crippen LogP) is 0.554. The molecule has 1 unspecified atom stereocenters. The number of nitrogens with one attached hydrogen (secondary N) is 4. The fraction of sp³-hybridized carbons (Fsp3) is 0.333. The topological polar surface area (TPSA) is 127 Å². The van der Waals surface area contributed by atoms with E-state index in [0.717, 1.165) is 37.3 Å². The number of imide groups is 1. The number of amidine groups is 1. The summed E-state index contributed by atoms with van der Waals surface area (Å²) in [6, 6.07) is 11.9. The fourth-order valence-electron chi connectivity index (χ4n) is 4.77. The van der Waals surface area contributed by atoms with Crippen molar-refractivity contribution < 1.29 is 19.1 Å². The molecule has 4 amide bonds. The summed E-state index contributed by atoms with van der Waals surface area (Å²) in [6.45, 7) is 3.57. The first-order valence-electron chi connectivity index (χ1n) is 12.2. The summed E-state index contributed by atoms with van der Waals surface area (Å²) in [5, 5.41) is 16.6. The Balaban J connectivity index is 1.36. The van der Waals surface area contributed by atoms with Crippen LogP contribution in [0.3, 0.4) is 0 Å². The van der Waals surface area contributed by atoms with Gasteiger partial charge in [-0.1, -0.05) is 24.0 Å². The van der Waals surface area contributed by atoms with Crippen molar-refractivity contribution in [3.8, 4) is 17.6 Å². The summed E-state index contributed by atoms with van der Waals surface area (Å²) in [5.41, 5.74) is 1.27. The van der Waals surface area contributed by atoms with Crippen molar-refractivity contribution in [3.63, 3.8) is 0 Å². The van der Waals surface area contributed by atoms with Gasteiger partial charge in [0.1, 0.15) is 11.6 Å². The lowest BCUT2D eigenvalue weighted by molar-refractivity contribution is -0.122. The highest BCUT2D eigenvalue weighted by Gasteiger charge is 2.47. The zero-order valence-electron chi connectivity index (χ0n) is 20.5. The molecule has 0 aromatic heterocycles. The average molecular weight is 501 g/mol. The lowest BCUT2D eigenvalue weighted by Crippen LogP contribution is -2.56. The summed E-state index contributed by atoms with van der Waals surface area (Å²) in [5.74, 6) is 6.25. The maximum absolute atomic E-state index is 13.2. The van der Waals surface area contributed by atoms with Crippen LogP contribution in [0.4, 0.5) is 4.79 Å². The van der Waals surface area contributed by atoms with Gasteiger partial charge in [-0.25, -0.2) is 4.79 Å². The second kappa shape index (κ2) is 9.95. The van der Waals surface area contributed by atoms with Crippen LogP contribution in [0.5, 0.6) is 5.75 Å². The number of nitrogens with zero attached hydrogens (tertiary/aromatic N) is 2. The molecule has 1 atom stereocenters. The van der Waals surface area contributed by atoms with E-state index in [4.69, 9.17) is 10.1 Å². The molecule has 10 nitrogen and oxygen atoms in total. The number of rotatable bonds is 4. The molecule has 5 rings (SSSR count). The Hall–Kier alpha value is -4.36. The van der Waals surface area contributed by atoms with E-state index < -0.39 is 17.5 Å². The van der Waals surface area contributed by atoms with E-state index in [1.807, 2.05) is 23.1 Å². The van der Waals surface area contributed by atoms with Crippen LogP contribution in [0.25, 0.3) is 0 Å². The number of piperazine rings is 1. The molecule has 2 aromatic rings. The molecule has 3 aliphatic heterocycles. The maximum Gasteiger partial charge on any atom is 0.323 e. The molecule has 0 saturated carbocycles. The zero-order valence-corrected chi connectivity index (χ0v) is 20.5. The van der Waals surface area contributed by atoms with E-state index in [2.05, 4.69) is 27.8 Å². The summed E-state index contributed by atoms with van der Waals surface area (Å²) in [6.07, 6.45) is 0.595. The van der Waals surface area contributed by atoms with Crippen LogP contribution >= 0.6 is 0 Å². The highest BCUT2D eigenvalue weighted by Crippen LogP contribution is 2.25. The molecule has 2 saturated heterocycles. The van der Waals surface area contributed by atoms with E-state index >= 15 is 0 Å². The van der Waals surface area contributed by atoms with Gasteiger partial charge in [-0.3, -0.25) is 20.3 Å². The van der Waals surface area contributed by atoms with Gasteiger partial charge in [0.05, 0.1) is 13.7 Å². The highest BCUT2D eigenvalue weighted by atomic mass is 16.5. The SMILES string of the molecule is COc1ccc2c(c1)CCN(CC1(C#Cc3ccc(C(=N)N4CCNCC4)cc3)NC(=O)NC1=O)C2=O. The first-order chi connectivity index (χ1) is 17.9. The van der Waals surface area contributed by atoms with Crippen molar-refractivity contribution in [2.75, 3.05) is 46.4 Å². The second-order valence-electron chi connectivity index (χ2n) is 9.23. The van der Waals surface area contributed by atoms with Gasteiger partial charge < -0.3 is 25.2 Å². The lowest BCUT2D eigenvalue weighted by Gasteiger charge is -2.33. The van der Waals surface area contributed by atoms with Crippen LogP contribution in [-0.4, -0.2) is 85.4 Å². The normalized spacial score (nSPS) is 20.9. The number of carbonyl (C=O) groups is 3. The van der Waals surface area contributed by atoms with Gasteiger partial charge in [0.15, 0.2) is 0 Å². The number of ether oxygens (including phenoxy) is 1. The van der Waals surface area contributed by atoms with Crippen molar-refractivity contribution in [3.05, 3.63) is 64.7 Å². The van der Waals surface area contributed by atoms with Gasteiger partial charge in [-0.2, -0.15) is 0 Å². The van der Waals surface area contributed by atoms with E-state index in [1.54, 1.807) is 36.3 Å². The van der Waals surface area contributed by atoms with Gasteiger partial charge in [0, 0.05) is 49.4 Å². The molecule has 3 heterocycles. The molecular formula is C27H28N6O4. The molecule has 10 heteroatoms. The summed E-state index contributed by atoms with van der Waals surface area (Å²) >= 11 is 0. The Morgan fingerprint density at radius 2 is 1.84 bits per heavy atom. The summed E-state index contributed by atoms with van der Waals surface area (Å²) in [4.78, 5) is 41.7. The van der Waals surface area contributed by atoms with Crippen LogP contribution in [-0.2, 0) is 11.2 Å². The summed E-state index contributed by atoms with van der Waals surface area (Å²) in [7, 11) is 1.58. The monoisotopic (exact) mass is 500 g/mol. The molecule has 4 N–H and O–H groups in total. The first-order valence-corrected chi connectivity index (χ1v) is 12.2. The number of urea groups is 1. The van der Waals surface area contributed by atoms with Crippen molar-refractivity contribution in [1.82, 2.24) is 25.8 Å². The molecule has 0 aliphatic carbocycles. The van der Waals surface area contributed by atoms with Gasteiger partial charge in [-0.05, 0) is 42.3 Å². The molecular weight excluding hydrogens is 472 g/mol. The van der Waals surface area contributed by atoms with Gasteiger partial charge >= 0.3 is 6.03 Å². The molecule has 0 bridgehead atoms. The minimum atomic E-state index is -1.57.